The van der Waals surface area contributed by atoms with Crippen LogP contribution in [0.25, 0.3) is 0 Å². The van der Waals surface area contributed by atoms with Crippen molar-refractivity contribution in [2.45, 2.75) is 12.8 Å². The van der Waals surface area contributed by atoms with Gasteiger partial charge in [0.05, 0.1) is 10.8 Å². The number of nitro groups is 1. The number of carbonyl (C=O) groups excluding carboxylic acids is 2. The normalized spacial score (nSPS) is 17.4. The minimum Gasteiger partial charge on any atom is -0.502 e. The van der Waals surface area contributed by atoms with E-state index in [4.69, 9.17) is 5.73 Å². The van der Waals surface area contributed by atoms with Gasteiger partial charge in [0, 0.05) is 37.8 Å². The predicted octanol–water partition coefficient (Wildman–Crippen LogP) is 0.228. The van der Waals surface area contributed by atoms with E-state index < -0.39 is 16.4 Å². The van der Waals surface area contributed by atoms with Gasteiger partial charge in [-0.15, -0.1) is 0 Å². The molecule has 0 bridgehead atoms. The smallest absolute Gasteiger partial charge is 0.310 e. The second-order valence-electron chi connectivity index (χ2n) is 5.63. The number of amides is 2. The van der Waals surface area contributed by atoms with E-state index in [9.17, 15) is 24.8 Å². The summed E-state index contributed by atoms with van der Waals surface area (Å²) < 4.78 is 0. The highest BCUT2D eigenvalue weighted by molar-refractivity contribution is 5.95. The average Bonchev–Trinajstić information content (AvgIpc) is 2.58. The fraction of sp³-hybridized carbons (Fsp3) is 0.467. The van der Waals surface area contributed by atoms with E-state index in [0.717, 1.165) is 12.1 Å². The van der Waals surface area contributed by atoms with Crippen molar-refractivity contribution in [3.8, 4) is 5.75 Å². The summed E-state index contributed by atoms with van der Waals surface area (Å²) >= 11 is 0. The van der Waals surface area contributed by atoms with Crippen LogP contribution in [0.5, 0.6) is 5.75 Å². The van der Waals surface area contributed by atoms with Gasteiger partial charge in [-0.1, -0.05) is 0 Å². The van der Waals surface area contributed by atoms with Crippen LogP contribution in [0.3, 0.4) is 0 Å². The van der Waals surface area contributed by atoms with E-state index in [0.29, 0.717) is 32.5 Å². The van der Waals surface area contributed by atoms with Crippen LogP contribution in [0.15, 0.2) is 18.2 Å². The van der Waals surface area contributed by atoms with Crippen LogP contribution >= 0.6 is 0 Å². The summed E-state index contributed by atoms with van der Waals surface area (Å²) in [6.45, 7) is 1.51. The zero-order valence-corrected chi connectivity index (χ0v) is 13.1. The van der Waals surface area contributed by atoms with E-state index in [1.807, 2.05) is 0 Å². The number of nitrogens with two attached hydrogens (primary N) is 1. The Morgan fingerprint density at radius 1 is 1.46 bits per heavy atom. The molecular formula is C15H20N4O5. The number of hydrogen-bond donors (Lipinski definition) is 3. The molecule has 0 saturated carbocycles. The molecule has 1 aromatic rings. The Morgan fingerprint density at radius 3 is 2.83 bits per heavy atom. The first-order valence-corrected chi connectivity index (χ1v) is 7.68. The molecule has 1 unspecified atom stereocenters. The molecule has 1 heterocycles. The number of benzene rings is 1. The molecule has 9 nitrogen and oxygen atoms in total. The molecule has 0 radical (unpaired) electrons. The Hall–Kier alpha value is -2.68. The zero-order chi connectivity index (χ0) is 17.7. The van der Waals surface area contributed by atoms with Crippen LogP contribution in [-0.2, 0) is 4.79 Å². The maximum absolute atomic E-state index is 12.5. The molecule has 1 saturated heterocycles. The van der Waals surface area contributed by atoms with Crippen molar-refractivity contribution in [3.05, 3.63) is 33.9 Å². The topological polar surface area (TPSA) is 139 Å². The standard InChI is InChI=1S/C15H20N4O5/c16-5-6-17-14(21)11-2-1-7-18(9-11)15(22)10-3-4-12(19(23)24)13(20)8-10/h3-4,8,11,20H,1-2,5-7,9,16H2,(H,17,21). The third kappa shape index (κ3) is 3.99. The molecule has 130 valence electrons. The molecule has 0 aromatic heterocycles. The summed E-state index contributed by atoms with van der Waals surface area (Å²) in [5.74, 6) is -1.36. The van der Waals surface area contributed by atoms with Gasteiger partial charge in [0.2, 0.25) is 5.91 Å². The van der Waals surface area contributed by atoms with Crippen LogP contribution in [0.2, 0.25) is 0 Å². The Kier molecular flexibility index (Phi) is 5.69. The van der Waals surface area contributed by atoms with Gasteiger partial charge >= 0.3 is 5.69 Å². The van der Waals surface area contributed by atoms with Crippen LogP contribution in [-0.4, -0.2) is 52.9 Å². The summed E-state index contributed by atoms with van der Waals surface area (Å²) in [5, 5.41) is 23.1. The van der Waals surface area contributed by atoms with Gasteiger partial charge in [-0.3, -0.25) is 19.7 Å². The summed E-state index contributed by atoms with van der Waals surface area (Å²) in [5.41, 5.74) is 5.05. The van der Waals surface area contributed by atoms with Crippen LogP contribution < -0.4 is 11.1 Å². The molecule has 1 aliphatic rings. The van der Waals surface area contributed by atoms with E-state index in [1.165, 1.54) is 11.0 Å². The molecule has 24 heavy (non-hydrogen) atoms. The molecule has 1 aliphatic heterocycles. The van der Waals surface area contributed by atoms with Crippen LogP contribution in [0, 0.1) is 16.0 Å². The number of nitrogens with one attached hydrogen (secondary N) is 1. The second-order valence-corrected chi connectivity index (χ2v) is 5.63. The maximum Gasteiger partial charge on any atom is 0.310 e. The van der Waals surface area contributed by atoms with Crippen molar-refractivity contribution < 1.29 is 19.6 Å². The third-order valence-electron chi connectivity index (χ3n) is 3.94. The van der Waals surface area contributed by atoms with Crippen LogP contribution in [0.1, 0.15) is 23.2 Å². The lowest BCUT2D eigenvalue weighted by atomic mass is 9.96. The predicted molar refractivity (Wildman–Crippen MR) is 85.5 cm³/mol. The molecule has 1 fully saturated rings. The summed E-state index contributed by atoms with van der Waals surface area (Å²) in [6.07, 6.45) is 1.37. The van der Waals surface area contributed by atoms with E-state index >= 15 is 0 Å². The number of piperidine rings is 1. The number of likely N-dealkylation sites (tertiary alicyclic amines) is 1. The van der Waals surface area contributed by atoms with Crippen LogP contribution in [0.4, 0.5) is 5.69 Å². The zero-order valence-electron chi connectivity index (χ0n) is 13.1. The average molecular weight is 336 g/mol. The van der Waals surface area contributed by atoms with Crippen molar-refractivity contribution in [1.82, 2.24) is 10.2 Å². The molecule has 1 aromatic carbocycles. The van der Waals surface area contributed by atoms with Crippen molar-refractivity contribution in [3.63, 3.8) is 0 Å². The van der Waals surface area contributed by atoms with Crippen molar-refractivity contribution in [2.24, 2.45) is 11.7 Å². The monoisotopic (exact) mass is 336 g/mol. The Labute approximate surface area is 138 Å². The minimum absolute atomic E-state index is 0.135. The van der Waals surface area contributed by atoms with Gasteiger partial charge in [-0.2, -0.15) is 0 Å². The lowest BCUT2D eigenvalue weighted by Gasteiger charge is -2.32. The lowest BCUT2D eigenvalue weighted by Crippen LogP contribution is -2.46. The van der Waals surface area contributed by atoms with E-state index in [1.54, 1.807) is 0 Å². The molecular weight excluding hydrogens is 316 g/mol. The molecule has 2 amide bonds. The van der Waals surface area contributed by atoms with Gasteiger partial charge in [0.15, 0.2) is 5.75 Å². The Morgan fingerprint density at radius 2 is 2.21 bits per heavy atom. The number of aromatic hydroxyl groups is 1. The fourth-order valence-corrected chi connectivity index (χ4v) is 2.71. The second kappa shape index (κ2) is 7.73. The van der Waals surface area contributed by atoms with Gasteiger partial charge in [0.1, 0.15) is 0 Å². The number of rotatable bonds is 5. The van der Waals surface area contributed by atoms with Crippen molar-refractivity contribution in [2.75, 3.05) is 26.2 Å². The lowest BCUT2D eigenvalue weighted by molar-refractivity contribution is -0.385. The number of hydrogen-bond acceptors (Lipinski definition) is 6. The number of phenols is 1. The fourth-order valence-electron chi connectivity index (χ4n) is 2.71. The maximum atomic E-state index is 12.5. The first-order valence-electron chi connectivity index (χ1n) is 7.68. The van der Waals surface area contributed by atoms with E-state index in [-0.39, 0.29) is 29.8 Å². The number of nitro benzene ring substituents is 1. The largest absolute Gasteiger partial charge is 0.502 e. The van der Waals surface area contributed by atoms with Gasteiger partial charge in [0.25, 0.3) is 5.91 Å². The quantitative estimate of drug-likeness (QED) is 0.519. The van der Waals surface area contributed by atoms with Crippen molar-refractivity contribution >= 4 is 17.5 Å². The Balaban J connectivity index is 2.07. The van der Waals surface area contributed by atoms with Gasteiger partial charge in [-0.05, 0) is 25.0 Å². The number of phenolic OH excluding ortho intramolecular Hbond substituents is 1. The minimum atomic E-state index is -0.720. The van der Waals surface area contributed by atoms with E-state index in [2.05, 4.69) is 5.32 Å². The Bertz CT molecular complexity index is 649. The molecule has 2 rings (SSSR count). The number of nitrogens with zero attached hydrogens (tertiary/aromatic N) is 2. The molecule has 9 heteroatoms. The molecule has 0 aliphatic carbocycles. The molecule has 1 atom stereocenters. The molecule has 0 spiro atoms. The highest BCUT2D eigenvalue weighted by Gasteiger charge is 2.29. The number of carbonyl (C=O) groups is 2. The molecule has 4 N–H and O–H groups in total. The van der Waals surface area contributed by atoms with Gasteiger partial charge < -0.3 is 21.1 Å². The highest BCUT2D eigenvalue weighted by atomic mass is 16.6. The third-order valence-corrected chi connectivity index (χ3v) is 3.94. The highest BCUT2D eigenvalue weighted by Crippen LogP contribution is 2.27. The summed E-state index contributed by atoms with van der Waals surface area (Å²) in [7, 11) is 0. The van der Waals surface area contributed by atoms with Gasteiger partial charge in [-0.25, -0.2) is 0 Å². The first-order chi connectivity index (χ1) is 11.4. The SMILES string of the molecule is NCCNC(=O)C1CCCN(C(=O)c2ccc([N+](=O)[O-])c(O)c2)C1. The summed E-state index contributed by atoms with van der Waals surface area (Å²) in [4.78, 5) is 36.0. The first kappa shape index (κ1) is 17.7. The van der Waals surface area contributed by atoms with Crippen molar-refractivity contribution in [1.29, 1.82) is 0 Å². The summed E-state index contributed by atoms with van der Waals surface area (Å²) in [6, 6.07) is 3.48.